The largest absolute Gasteiger partial charge is 0.491 e. The topological polar surface area (TPSA) is 99.6 Å². The third kappa shape index (κ3) is 9.28. The molecule has 0 unspecified atom stereocenters. The van der Waals surface area contributed by atoms with Gasteiger partial charge in [-0.1, -0.05) is 29.8 Å². The summed E-state index contributed by atoms with van der Waals surface area (Å²) in [5.74, 6) is -0.0425. The maximum Gasteiger partial charge on any atom is 0.417 e. The molecule has 0 bridgehead atoms. The Balaban J connectivity index is 1.74. The highest BCUT2D eigenvalue weighted by molar-refractivity contribution is 7.89. The van der Waals surface area contributed by atoms with Crippen LogP contribution in [0.3, 0.4) is 0 Å². The van der Waals surface area contributed by atoms with Crippen LogP contribution in [0.25, 0.3) is 6.08 Å². The minimum atomic E-state index is -4.62. The SMILES string of the molecule is COCCOc1ccc(/C=C/CS(=O)(=O)NCCc2ccccn2)c(Oc2ncc(C(F)(F)F)cc2Cl)c1. The van der Waals surface area contributed by atoms with E-state index in [-0.39, 0.29) is 35.6 Å². The summed E-state index contributed by atoms with van der Waals surface area (Å²) >= 11 is 5.99. The van der Waals surface area contributed by atoms with Crippen LogP contribution in [0.4, 0.5) is 13.2 Å². The van der Waals surface area contributed by atoms with Crippen LogP contribution in [0.15, 0.2) is 60.9 Å². The van der Waals surface area contributed by atoms with Gasteiger partial charge in [0.05, 0.1) is 17.9 Å². The zero-order chi connectivity index (χ0) is 27.6. The monoisotopic (exact) mass is 571 g/mol. The first-order valence-electron chi connectivity index (χ1n) is 11.3. The quantitative estimate of drug-likeness (QED) is 0.284. The molecule has 0 radical (unpaired) electrons. The molecule has 0 fully saturated rings. The van der Waals surface area contributed by atoms with Gasteiger partial charge in [0.2, 0.25) is 15.9 Å². The number of hydrogen-bond acceptors (Lipinski definition) is 7. The second kappa shape index (κ2) is 13.6. The number of pyridine rings is 2. The number of alkyl halides is 3. The molecule has 3 rings (SSSR count). The number of benzene rings is 1. The van der Waals surface area contributed by atoms with Gasteiger partial charge in [0.15, 0.2) is 0 Å². The molecule has 0 saturated heterocycles. The van der Waals surface area contributed by atoms with Crippen molar-refractivity contribution in [2.24, 2.45) is 0 Å². The molecule has 0 aliphatic carbocycles. The maximum atomic E-state index is 13.0. The van der Waals surface area contributed by atoms with Gasteiger partial charge >= 0.3 is 6.18 Å². The van der Waals surface area contributed by atoms with Gasteiger partial charge in [-0.2, -0.15) is 13.2 Å². The molecule has 0 atom stereocenters. The van der Waals surface area contributed by atoms with Crippen molar-refractivity contribution in [3.8, 4) is 17.4 Å². The summed E-state index contributed by atoms with van der Waals surface area (Å²) in [6.07, 6.45) is 0.984. The van der Waals surface area contributed by atoms with Crippen LogP contribution >= 0.6 is 11.6 Å². The van der Waals surface area contributed by atoms with E-state index in [1.54, 1.807) is 30.5 Å². The van der Waals surface area contributed by atoms with Crippen molar-refractivity contribution in [3.63, 3.8) is 0 Å². The summed E-state index contributed by atoms with van der Waals surface area (Å²) < 4.78 is 82.4. The molecule has 0 aliphatic rings. The first-order valence-corrected chi connectivity index (χ1v) is 13.3. The highest BCUT2D eigenvalue weighted by atomic mass is 35.5. The fourth-order valence-electron chi connectivity index (χ4n) is 3.07. The third-order valence-electron chi connectivity index (χ3n) is 4.92. The predicted molar refractivity (Wildman–Crippen MR) is 137 cm³/mol. The standard InChI is InChI=1S/C25H25ClF3N3O5S/c1-35-12-13-36-21-8-7-18(5-4-14-38(33,34)32-11-9-20-6-2-3-10-30-20)23(16-21)37-24-22(26)15-19(17-31-24)25(27,28)29/h2-8,10,15-17,32H,9,11-14H2,1H3/b5-4+. The Morgan fingerprint density at radius 2 is 1.92 bits per heavy atom. The minimum absolute atomic E-state index is 0.144. The molecule has 204 valence electrons. The number of halogens is 4. The van der Waals surface area contributed by atoms with E-state index in [0.29, 0.717) is 36.6 Å². The lowest BCUT2D eigenvalue weighted by Crippen LogP contribution is -2.27. The van der Waals surface area contributed by atoms with Gasteiger partial charge in [-0.15, -0.1) is 0 Å². The lowest BCUT2D eigenvalue weighted by molar-refractivity contribution is -0.137. The normalized spacial score (nSPS) is 12.1. The summed E-state index contributed by atoms with van der Waals surface area (Å²) in [5.41, 5.74) is 0.161. The van der Waals surface area contributed by atoms with E-state index in [9.17, 15) is 21.6 Å². The number of nitrogens with one attached hydrogen (secondary N) is 1. The second-order valence-electron chi connectivity index (χ2n) is 7.80. The van der Waals surface area contributed by atoms with Crippen LogP contribution in [0.1, 0.15) is 16.8 Å². The molecule has 38 heavy (non-hydrogen) atoms. The fraction of sp³-hybridized carbons (Fsp3) is 0.280. The molecule has 8 nitrogen and oxygen atoms in total. The first-order chi connectivity index (χ1) is 18.1. The van der Waals surface area contributed by atoms with E-state index in [4.69, 9.17) is 25.8 Å². The number of nitrogens with zero attached hydrogens (tertiary/aromatic N) is 2. The molecule has 1 aromatic carbocycles. The average Bonchev–Trinajstić information content (AvgIpc) is 2.86. The van der Waals surface area contributed by atoms with Gasteiger partial charge in [-0.3, -0.25) is 4.98 Å². The van der Waals surface area contributed by atoms with Gasteiger partial charge < -0.3 is 14.2 Å². The Hall–Kier alpha value is -3.19. The Morgan fingerprint density at radius 1 is 1.11 bits per heavy atom. The molecule has 1 N–H and O–H groups in total. The summed E-state index contributed by atoms with van der Waals surface area (Å²) in [6.45, 7) is 0.759. The minimum Gasteiger partial charge on any atom is -0.491 e. The number of hydrogen-bond donors (Lipinski definition) is 1. The second-order valence-corrected chi connectivity index (χ2v) is 10.1. The zero-order valence-electron chi connectivity index (χ0n) is 20.2. The van der Waals surface area contributed by atoms with Crippen LogP contribution < -0.4 is 14.2 Å². The molecule has 0 aliphatic heterocycles. The van der Waals surface area contributed by atoms with Crippen molar-refractivity contribution >= 4 is 27.7 Å². The Labute approximate surface area is 223 Å². The summed E-state index contributed by atoms with van der Waals surface area (Å²) in [7, 11) is -2.11. The van der Waals surface area contributed by atoms with E-state index in [0.717, 1.165) is 5.69 Å². The Morgan fingerprint density at radius 3 is 2.61 bits per heavy atom. The van der Waals surface area contributed by atoms with Crippen molar-refractivity contribution < 1.29 is 35.8 Å². The lowest BCUT2D eigenvalue weighted by Gasteiger charge is -2.13. The van der Waals surface area contributed by atoms with Crippen molar-refractivity contribution in [1.82, 2.24) is 14.7 Å². The maximum absolute atomic E-state index is 13.0. The molecular formula is C25H25ClF3N3O5S. The van der Waals surface area contributed by atoms with Gasteiger partial charge in [0.25, 0.3) is 0 Å². The van der Waals surface area contributed by atoms with Crippen molar-refractivity contribution in [3.05, 3.63) is 82.8 Å². The van der Waals surface area contributed by atoms with Crippen LogP contribution in [0.2, 0.25) is 5.02 Å². The number of methoxy groups -OCH3 is 1. The van der Waals surface area contributed by atoms with Gasteiger partial charge in [-0.05, 0) is 30.3 Å². The van der Waals surface area contributed by atoms with Crippen LogP contribution in [-0.2, 0) is 27.4 Å². The molecule has 3 aromatic rings. The molecule has 2 aromatic heterocycles. The summed E-state index contributed by atoms with van der Waals surface area (Å²) in [5, 5.41) is -0.347. The smallest absolute Gasteiger partial charge is 0.417 e. The van der Waals surface area contributed by atoms with Crippen molar-refractivity contribution in [1.29, 1.82) is 0 Å². The van der Waals surface area contributed by atoms with E-state index in [2.05, 4.69) is 14.7 Å². The van der Waals surface area contributed by atoms with Gasteiger partial charge in [0, 0.05) is 49.8 Å². The van der Waals surface area contributed by atoms with E-state index >= 15 is 0 Å². The molecule has 2 heterocycles. The molecule has 13 heteroatoms. The van der Waals surface area contributed by atoms with Crippen molar-refractivity contribution in [2.45, 2.75) is 12.6 Å². The highest BCUT2D eigenvalue weighted by Crippen LogP contribution is 2.36. The zero-order valence-corrected chi connectivity index (χ0v) is 21.8. The number of rotatable bonds is 13. The molecule has 0 amide bonds. The van der Waals surface area contributed by atoms with Crippen LogP contribution in [0, 0.1) is 0 Å². The average molecular weight is 572 g/mol. The molecule has 0 saturated carbocycles. The molecular weight excluding hydrogens is 547 g/mol. The first kappa shape index (κ1) is 29.4. The van der Waals surface area contributed by atoms with E-state index in [1.165, 1.54) is 25.3 Å². The molecule has 0 spiro atoms. The summed E-state index contributed by atoms with van der Waals surface area (Å²) in [6, 6.07) is 10.8. The lowest BCUT2D eigenvalue weighted by atomic mass is 10.2. The fourth-order valence-corrected chi connectivity index (χ4v) is 4.16. The van der Waals surface area contributed by atoms with E-state index in [1.807, 2.05) is 6.07 Å². The van der Waals surface area contributed by atoms with Crippen LogP contribution in [-0.4, -0.2) is 51.0 Å². The number of sulfonamides is 1. The Kier molecular flexibility index (Phi) is 10.5. The van der Waals surface area contributed by atoms with E-state index < -0.39 is 21.8 Å². The van der Waals surface area contributed by atoms with Gasteiger partial charge in [-0.25, -0.2) is 18.1 Å². The summed E-state index contributed by atoms with van der Waals surface area (Å²) in [4.78, 5) is 7.84. The number of ether oxygens (including phenoxy) is 3. The van der Waals surface area contributed by atoms with Crippen molar-refractivity contribution in [2.75, 3.05) is 32.6 Å². The predicted octanol–water partition coefficient (Wildman–Crippen LogP) is 5.14. The third-order valence-corrected chi connectivity index (χ3v) is 6.47. The number of aromatic nitrogens is 2. The highest BCUT2D eigenvalue weighted by Gasteiger charge is 2.32. The Bertz CT molecular complexity index is 1340. The van der Waals surface area contributed by atoms with Crippen LogP contribution in [0.5, 0.6) is 17.4 Å². The van der Waals surface area contributed by atoms with Gasteiger partial charge in [0.1, 0.15) is 23.1 Å².